The first-order chi connectivity index (χ1) is 14.0. The maximum Gasteiger partial charge on any atom is 0.319 e. The second-order valence-corrected chi connectivity index (χ2v) is 6.61. The molecule has 0 fully saturated rings. The molecule has 0 saturated heterocycles. The third-order valence-electron chi connectivity index (χ3n) is 3.99. The number of rotatable bonds is 7. The van der Waals surface area contributed by atoms with Crippen molar-refractivity contribution in [1.29, 1.82) is 0 Å². The molecule has 2 rings (SSSR count). The van der Waals surface area contributed by atoms with Crippen LogP contribution >= 0.6 is 0 Å². The first-order valence-electron chi connectivity index (χ1n) is 9.58. The molecule has 2 N–H and O–H groups in total. The standard InChI is InChI=1S/C23H27N3O3/c1-4-5-17-29-21-14-12-20(13-15-21)25-23(28)24-16-6-7-18-8-10-19(11-9-18)22(27)26(2)3/h8-15H,4-5,16-17H2,1-3H3,(H2,24,25,28). The van der Waals surface area contributed by atoms with Crippen molar-refractivity contribution >= 4 is 17.6 Å². The molecule has 6 nitrogen and oxygen atoms in total. The zero-order chi connectivity index (χ0) is 21.1. The lowest BCUT2D eigenvalue weighted by molar-refractivity contribution is 0.0827. The van der Waals surface area contributed by atoms with Gasteiger partial charge in [-0.25, -0.2) is 4.79 Å². The van der Waals surface area contributed by atoms with Crippen molar-refractivity contribution in [2.24, 2.45) is 0 Å². The molecule has 0 aliphatic rings. The summed E-state index contributed by atoms with van der Waals surface area (Å²) in [5, 5.41) is 5.44. The Bertz CT molecular complexity index is 863. The maximum absolute atomic E-state index is 11.9. The summed E-state index contributed by atoms with van der Waals surface area (Å²) in [6, 6.07) is 14.0. The van der Waals surface area contributed by atoms with Crippen LogP contribution in [0.25, 0.3) is 0 Å². The number of nitrogens with one attached hydrogen (secondary N) is 2. The molecule has 0 unspecified atom stereocenters. The molecule has 0 aliphatic carbocycles. The summed E-state index contributed by atoms with van der Waals surface area (Å²) in [4.78, 5) is 25.3. The number of amides is 3. The molecule has 152 valence electrons. The van der Waals surface area contributed by atoms with Crippen LogP contribution in [0.5, 0.6) is 5.75 Å². The third-order valence-corrected chi connectivity index (χ3v) is 3.99. The van der Waals surface area contributed by atoms with E-state index in [1.54, 1.807) is 50.5 Å². The number of hydrogen-bond donors (Lipinski definition) is 2. The van der Waals surface area contributed by atoms with Gasteiger partial charge < -0.3 is 20.3 Å². The molecule has 0 radical (unpaired) electrons. The highest BCUT2D eigenvalue weighted by Crippen LogP contribution is 2.15. The summed E-state index contributed by atoms with van der Waals surface area (Å²) in [5.41, 5.74) is 2.07. The predicted octanol–water partition coefficient (Wildman–Crippen LogP) is 3.74. The second kappa shape index (κ2) is 11.4. The number of nitrogens with zero attached hydrogens (tertiary/aromatic N) is 1. The minimum Gasteiger partial charge on any atom is -0.494 e. The monoisotopic (exact) mass is 393 g/mol. The largest absolute Gasteiger partial charge is 0.494 e. The normalized spacial score (nSPS) is 9.76. The average molecular weight is 393 g/mol. The number of urea groups is 1. The van der Waals surface area contributed by atoms with Crippen molar-refractivity contribution < 1.29 is 14.3 Å². The Hall–Kier alpha value is -3.46. The van der Waals surface area contributed by atoms with Gasteiger partial charge in [-0.1, -0.05) is 25.2 Å². The number of anilines is 1. The van der Waals surface area contributed by atoms with Gasteiger partial charge in [0.15, 0.2) is 0 Å². The summed E-state index contributed by atoms with van der Waals surface area (Å²) in [6.45, 7) is 3.02. The van der Waals surface area contributed by atoms with Crippen molar-refractivity contribution in [3.8, 4) is 17.6 Å². The van der Waals surface area contributed by atoms with Crippen LogP contribution < -0.4 is 15.4 Å². The molecule has 0 spiro atoms. The highest BCUT2D eigenvalue weighted by Gasteiger charge is 2.06. The lowest BCUT2D eigenvalue weighted by Gasteiger charge is -2.09. The highest BCUT2D eigenvalue weighted by molar-refractivity contribution is 5.94. The quantitative estimate of drug-likeness (QED) is 0.556. The van der Waals surface area contributed by atoms with E-state index in [9.17, 15) is 9.59 Å². The Balaban J connectivity index is 1.76. The fourth-order valence-corrected chi connectivity index (χ4v) is 2.37. The maximum atomic E-state index is 11.9. The van der Waals surface area contributed by atoms with E-state index in [2.05, 4.69) is 29.4 Å². The number of carbonyl (C=O) groups is 2. The third kappa shape index (κ3) is 7.59. The minimum absolute atomic E-state index is 0.0524. The van der Waals surface area contributed by atoms with Crippen LogP contribution in [-0.4, -0.2) is 44.1 Å². The second-order valence-electron chi connectivity index (χ2n) is 6.61. The van der Waals surface area contributed by atoms with E-state index in [-0.39, 0.29) is 18.5 Å². The Morgan fingerprint density at radius 3 is 2.34 bits per heavy atom. The fourth-order valence-electron chi connectivity index (χ4n) is 2.37. The highest BCUT2D eigenvalue weighted by atomic mass is 16.5. The summed E-state index contributed by atoms with van der Waals surface area (Å²) in [7, 11) is 3.42. The van der Waals surface area contributed by atoms with Gasteiger partial charge in [0.1, 0.15) is 5.75 Å². The van der Waals surface area contributed by atoms with Gasteiger partial charge in [0.2, 0.25) is 0 Å². The van der Waals surface area contributed by atoms with Crippen LogP contribution in [0.3, 0.4) is 0 Å². The van der Waals surface area contributed by atoms with Crippen molar-refractivity contribution in [3.63, 3.8) is 0 Å². The van der Waals surface area contributed by atoms with Gasteiger partial charge in [-0.05, 0) is 55.0 Å². The Labute approximate surface area is 172 Å². The molecule has 29 heavy (non-hydrogen) atoms. The number of unbranched alkanes of at least 4 members (excludes halogenated alkanes) is 1. The minimum atomic E-state index is -0.328. The predicted molar refractivity (Wildman–Crippen MR) is 115 cm³/mol. The zero-order valence-corrected chi connectivity index (χ0v) is 17.1. The van der Waals surface area contributed by atoms with E-state index < -0.39 is 0 Å². The van der Waals surface area contributed by atoms with Gasteiger partial charge in [0.25, 0.3) is 5.91 Å². The van der Waals surface area contributed by atoms with Crippen molar-refractivity contribution in [2.75, 3.05) is 32.6 Å². The van der Waals surface area contributed by atoms with Gasteiger partial charge in [-0.3, -0.25) is 4.79 Å². The molecule has 0 bridgehead atoms. The van der Waals surface area contributed by atoms with Crippen molar-refractivity contribution in [2.45, 2.75) is 19.8 Å². The topological polar surface area (TPSA) is 70.7 Å². The zero-order valence-electron chi connectivity index (χ0n) is 17.1. The van der Waals surface area contributed by atoms with E-state index >= 15 is 0 Å². The summed E-state index contributed by atoms with van der Waals surface area (Å²) < 4.78 is 5.59. The van der Waals surface area contributed by atoms with E-state index in [1.807, 2.05) is 12.1 Å². The summed E-state index contributed by atoms with van der Waals surface area (Å²) in [5.74, 6) is 6.58. The Morgan fingerprint density at radius 1 is 1.03 bits per heavy atom. The van der Waals surface area contributed by atoms with Gasteiger partial charge in [-0.2, -0.15) is 0 Å². The molecule has 0 atom stereocenters. The van der Waals surface area contributed by atoms with Crippen LogP contribution in [0, 0.1) is 11.8 Å². The molecule has 2 aromatic carbocycles. The van der Waals surface area contributed by atoms with E-state index in [4.69, 9.17) is 4.74 Å². The number of carbonyl (C=O) groups excluding carboxylic acids is 2. The lowest BCUT2D eigenvalue weighted by atomic mass is 10.1. The van der Waals surface area contributed by atoms with Crippen LogP contribution in [-0.2, 0) is 0 Å². The molecule has 3 amide bonds. The molecule has 0 aromatic heterocycles. The first kappa shape index (κ1) is 21.8. The Morgan fingerprint density at radius 2 is 1.72 bits per heavy atom. The summed E-state index contributed by atoms with van der Waals surface area (Å²) in [6.07, 6.45) is 2.10. The van der Waals surface area contributed by atoms with E-state index in [1.165, 1.54) is 4.90 Å². The SMILES string of the molecule is CCCCOc1ccc(NC(=O)NCC#Cc2ccc(C(=O)N(C)C)cc2)cc1. The van der Waals surface area contributed by atoms with Crippen molar-refractivity contribution in [3.05, 3.63) is 59.7 Å². The van der Waals surface area contributed by atoms with E-state index in [0.717, 1.165) is 24.2 Å². The molecule has 0 aliphatic heterocycles. The molecular formula is C23H27N3O3. The molecule has 0 saturated carbocycles. The van der Waals surface area contributed by atoms with Gasteiger partial charge in [0, 0.05) is 30.9 Å². The summed E-state index contributed by atoms with van der Waals surface area (Å²) >= 11 is 0. The number of hydrogen-bond acceptors (Lipinski definition) is 3. The molecule has 6 heteroatoms. The van der Waals surface area contributed by atoms with Crippen LogP contribution in [0.1, 0.15) is 35.7 Å². The smallest absolute Gasteiger partial charge is 0.319 e. The first-order valence-corrected chi connectivity index (χ1v) is 9.58. The lowest BCUT2D eigenvalue weighted by Crippen LogP contribution is -2.28. The number of ether oxygens (including phenoxy) is 1. The van der Waals surface area contributed by atoms with Crippen molar-refractivity contribution in [1.82, 2.24) is 10.2 Å². The number of benzene rings is 2. The van der Waals surface area contributed by atoms with E-state index in [0.29, 0.717) is 17.9 Å². The van der Waals surface area contributed by atoms with Gasteiger partial charge in [0.05, 0.1) is 13.2 Å². The molecule has 2 aromatic rings. The van der Waals surface area contributed by atoms with Crippen LogP contribution in [0.4, 0.5) is 10.5 Å². The fraction of sp³-hybridized carbons (Fsp3) is 0.304. The van der Waals surface area contributed by atoms with Crippen LogP contribution in [0.15, 0.2) is 48.5 Å². The van der Waals surface area contributed by atoms with Gasteiger partial charge in [-0.15, -0.1) is 0 Å². The Kier molecular flexibility index (Phi) is 8.58. The van der Waals surface area contributed by atoms with Gasteiger partial charge >= 0.3 is 6.03 Å². The molecular weight excluding hydrogens is 366 g/mol. The molecule has 0 heterocycles. The van der Waals surface area contributed by atoms with Crippen LogP contribution in [0.2, 0.25) is 0 Å². The average Bonchev–Trinajstić information content (AvgIpc) is 2.72.